The van der Waals surface area contributed by atoms with E-state index in [0.717, 1.165) is 30.1 Å². The highest BCUT2D eigenvalue weighted by molar-refractivity contribution is 5.23. The van der Waals surface area contributed by atoms with E-state index in [1.165, 1.54) is 25.7 Å². The lowest BCUT2D eigenvalue weighted by Gasteiger charge is -2.25. The number of halogens is 1. The lowest BCUT2D eigenvalue weighted by atomic mass is 9.83. The molecular weight excluding hydrogens is 201 g/mol. The number of hydrogen-bond acceptors (Lipinski definition) is 1. The summed E-state index contributed by atoms with van der Waals surface area (Å²) < 4.78 is 13.3. The van der Waals surface area contributed by atoms with Crippen molar-refractivity contribution >= 4 is 0 Å². The average molecular weight is 221 g/mol. The molecule has 16 heavy (non-hydrogen) atoms. The molecule has 1 saturated carbocycles. The van der Waals surface area contributed by atoms with Crippen LogP contribution in [0.3, 0.4) is 0 Å². The molecule has 0 amide bonds. The SMILES string of the molecule is Cc1ccc(CNCCC2CCC2)cc1F. The summed E-state index contributed by atoms with van der Waals surface area (Å²) in [6, 6.07) is 5.47. The molecule has 1 aliphatic carbocycles. The van der Waals surface area contributed by atoms with Gasteiger partial charge < -0.3 is 5.32 Å². The Labute approximate surface area is 97.1 Å². The van der Waals surface area contributed by atoms with Crippen LogP contribution in [-0.2, 0) is 6.54 Å². The summed E-state index contributed by atoms with van der Waals surface area (Å²) in [6.45, 7) is 3.63. The van der Waals surface area contributed by atoms with Gasteiger partial charge in [0.15, 0.2) is 0 Å². The van der Waals surface area contributed by atoms with Crippen LogP contribution in [0.15, 0.2) is 18.2 Å². The Bertz CT molecular complexity index is 345. The largest absolute Gasteiger partial charge is 0.313 e. The minimum Gasteiger partial charge on any atom is -0.313 e. The highest BCUT2D eigenvalue weighted by atomic mass is 19.1. The molecule has 0 atom stereocenters. The van der Waals surface area contributed by atoms with E-state index in [0.29, 0.717) is 0 Å². The highest BCUT2D eigenvalue weighted by Gasteiger charge is 2.16. The van der Waals surface area contributed by atoms with Crippen LogP contribution in [0, 0.1) is 18.7 Å². The van der Waals surface area contributed by atoms with E-state index in [4.69, 9.17) is 0 Å². The minimum atomic E-state index is -0.0988. The van der Waals surface area contributed by atoms with Crippen LogP contribution < -0.4 is 5.32 Å². The molecule has 1 aromatic rings. The number of nitrogens with one attached hydrogen (secondary N) is 1. The fourth-order valence-electron chi connectivity index (χ4n) is 2.07. The van der Waals surface area contributed by atoms with Crippen molar-refractivity contribution in [2.45, 2.75) is 39.2 Å². The first-order valence-electron chi connectivity index (χ1n) is 6.21. The van der Waals surface area contributed by atoms with E-state index in [1.807, 2.05) is 12.1 Å². The van der Waals surface area contributed by atoms with Gasteiger partial charge in [-0.3, -0.25) is 0 Å². The molecule has 1 aromatic carbocycles. The van der Waals surface area contributed by atoms with E-state index in [-0.39, 0.29) is 5.82 Å². The van der Waals surface area contributed by atoms with Crippen LogP contribution in [0.2, 0.25) is 0 Å². The quantitative estimate of drug-likeness (QED) is 0.751. The Morgan fingerprint density at radius 2 is 2.19 bits per heavy atom. The van der Waals surface area contributed by atoms with Crippen molar-refractivity contribution in [1.82, 2.24) is 5.32 Å². The fourth-order valence-corrected chi connectivity index (χ4v) is 2.07. The van der Waals surface area contributed by atoms with Crippen LogP contribution in [-0.4, -0.2) is 6.54 Å². The number of aryl methyl sites for hydroxylation is 1. The summed E-state index contributed by atoms with van der Waals surface area (Å²) >= 11 is 0. The molecule has 0 heterocycles. The Balaban J connectivity index is 1.69. The van der Waals surface area contributed by atoms with E-state index in [1.54, 1.807) is 13.0 Å². The van der Waals surface area contributed by atoms with Crippen LogP contribution in [0.5, 0.6) is 0 Å². The van der Waals surface area contributed by atoms with Crippen LogP contribution in [0.4, 0.5) is 4.39 Å². The first-order chi connectivity index (χ1) is 7.75. The molecule has 0 bridgehead atoms. The van der Waals surface area contributed by atoms with Gasteiger partial charge in [0, 0.05) is 6.54 Å². The summed E-state index contributed by atoms with van der Waals surface area (Å²) in [5, 5.41) is 3.38. The van der Waals surface area contributed by atoms with Gasteiger partial charge in [-0.15, -0.1) is 0 Å². The number of rotatable bonds is 5. The van der Waals surface area contributed by atoms with Gasteiger partial charge in [-0.05, 0) is 43.0 Å². The monoisotopic (exact) mass is 221 g/mol. The van der Waals surface area contributed by atoms with Gasteiger partial charge in [-0.1, -0.05) is 31.4 Å². The zero-order valence-corrected chi connectivity index (χ0v) is 9.93. The van der Waals surface area contributed by atoms with Crippen LogP contribution in [0.25, 0.3) is 0 Å². The van der Waals surface area contributed by atoms with Crippen LogP contribution >= 0.6 is 0 Å². The predicted octanol–water partition coefficient (Wildman–Crippen LogP) is 3.41. The predicted molar refractivity (Wildman–Crippen MR) is 64.8 cm³/mol. The van der Waals surface area contributed by atoms with E-state index in [9.17, 15) is 4.39 Å². The lowest BCUT2D eigenvalue weighted by Crippen LogP contribution is -2.21. The molecule has 1 nitrogen and oxygen atoms in total. The highest BCUT2D eigenvalue weighted by Crippen LogP contribution is 2.28. The molecule has 88 valence electrons. The van der Waals surface area contributed by atoms with Crippen molar-refractivity contribution in [3.05, 3.63) is 35.1 Å². The third-order valence-electron chi connectivity index (χ3n) is 3.52. The molecule has 2 rings (SSSR count). The van der Waals surface area contributed by atoms with Crippen molar-refractivity contribution in [1.29, 1.82) is 0 Å². The molecule has 0 spiro atoms. The molecule has 1 fully saturated rings. The topological polar surface area (TPSA) is 12.0 Å². The van der Waals surface area contributed by atoms with Gasteiger partial charge in [0.25, 0.3) is 0 Å². The average Bonchev–Trinajstić information content (AvgIpc) is 2.20. The van der Waals surface area contributed by atoms with E-state index < -0.39 is 0 Å². The van der Waals surface area contributed by atoms with Crippen molar-refractivity contribution < 1.29 is 4.39 Å². The standard InChI is InChI=1S/C14H20FN/c1-11-5-6-13(9-14(11)15)10-16-8-7-12-3-2-4-12/h5-6,9,12,16H,2-4,7-8,10H2,1H3. The summed E-state index contributed by atoms with van der Waals surface area (Å²) in [7, 11) is 0. The molecule has 0 aromatic heterocycles. The Morgan fingerprint density at radius 3 is 2.81 bits per heavy atom. The maximum absolute atomic E-state index is 13.3. The zero-order valence-electron chi connectivity index (χ0n) is 9.93. The van der Waals surface area contributed by atoms with Gasteiger partial charge >= 0.3 is 0 Å². The molecule has 1 aliphatic rings. The smallest absolute Gasteiger partial charge is 0.126 e. The van der Waals surface area contributed by atoms with E-state index in [2.05, 4.69) is 5.32 Å². The molecule has 0 radical (unpaired) electrons. The number of benzene rings is 1. The third kappa shape index (κ3) is 3.05. The number of hydrogen-bond donors (Lipinski definition) is 1. The maximum atomic E-state index is 13.3. The second kappa shape index (κ2) is 5.44. The van der Waals surface area contributed by atoms with Crippen LogP contribution in [0.1, 0.15) is 36.8 Å². The zero-order chi connectivity index (χ0) is 11.4. The Hall–Kier alpha value is -0.890. The van der Waals surface area contributed by atoms with Gasteiger partial charge in [0.05, 0.1) is 0 Å². The molecule has 1 N–H and O–H groups in total. The summed E-state index contributed by atoms with van der Waals surface area (Å²) in [5.41, 5.74) is 1.76. The fraction of sp³-hybridized carbons (Fsp3) is 0.571. The first-order valence-corrected chi connectivity index (χ1v) is 6.21. The Kier molecular flexibility index (Phi) is 3.94. The molecule has 0 aliphatic heterocycles. The van der Waals surface area contributed by atoms with Gasteiger partial charge in [0.2, 0.25) is 0 Å². The lowest BCUT2D eigenvalue weighted by molar-refractivity contribution is 0.292. The van der Waals surface area contributed by atoms with Gasteiger partial charge in [0.1, 0.15) is 5.82 Å². The first kappa shape index (κ1) is 11.6. The molecule has 0 saturated heterocycles. The Morgan fingerprint density at radius 1 is 1.38 bits per heavy atom. The molecule has 2 heteroatoms. The van der Waals surface area contributed by atoms with Gasteiger partial charge in [-0.25, -0.2) is 4.39 Å². The van der Waals surface area contributed by atoms with Crippen molar-refractivity contribution in [2.75, 3.05) is 6.54 Å². The van der Waals surface area contributed by atoms with Crippen molar-refractivity contribution in [2.24, 2.45) is 5.92 Å². The van der Waals surface area contributed by atoms with Gasteiger partial charge in [-0.2, -0.15) is 0 Å². The summed E-state index contributed by atoms with van der Waals surface area (Å²) in [5.74, 6) is 0.848. The van der Waals surface area contributed by atoms with Crippen molar-refractivity contribution in [3.8, 4) is 0 Å². The summed E-state index contributed by atoms with van der Waals surface area (Å²) in [6.07, 6.45) is 5.49. The second-order valence-corrected chi connectivity index (χ2v) is 4.85. The third-order valence-corrected chi connectivity index (χ3v) is 3.52. The normalized spacial score (nSPS) is 16.1. The van der Waals surface area contributed by atoms with E-state index >= 15 is 0 Å². The molecule has 0 unspecified atom stereocenters. The second-order valence-electron chi connectivity index (χ2n) is 4.85. The maximum Gasteiger partial charge on any atom is 0.126 e. The minimum absolute atomic E-state index is 0.0988. The summed E-state index contributed by atoms with van der Waals surface area (Å²) in [4.78, 5) is 0. The van der Waals surface area contributed by atoms with Crippen molar-refractivity contribution in [3.63, 3.8) is 0 Å². The molecular formula is C14H20FN.